The first-order valence-corrected chi connectivity index (χ1v) is 10.3. The molecule has 2 aliphatic heterocycles. The summed E-state index contributed by atoms with van der Waals surface area (Å²) in [7, 11) is 0. The van der Waals surface area contributed by atoms with Gasteiger partial charge >= 0.3 is 0 Å². The van der Waals surface area contributed by atoms with E-state index in [4.69, 9.17) is 11.6 Å². The van der Waals surface area contributed by atoms with E-state index in [-0.39, 0.29) is 23.3 Å². The predicted molar refractivity (Wildman–Crippen MR) is 112 cm³/mol. The van der Waals surface area contributed by atoms with Crippen molar-refractivity contribution < 1.29 is 18.4 Å². The lowest BCUT2D eigenvalue weighted by Gasteiger charge is -2.32. The van der Waals surface area contributed by atoms with Crippen molar-refractivity contribution in [1.82, 2.24) is 10.9 Å². The largest absolute Gasteiger partial charge is 0.325 e. The number of halogens is 3. The van der Waals surface area contributed by atoms with Crippen LogP contribution in [-0.4, -0.2) is 35.4 Å². The molecule has 0 spiro atoms. The molecule has 11 heteroatoms. The minimum Gasteiger partial charge on any atom is -0.325 e. The molecule has 0 saturated carbocycles. The summed E-state index contributed by atoms with van der Waals surface area (Å²) < 4.78 is 26.4. The Kier molecular flexibility index (Phi) is 6.00. The van der Waals surface area contributed by atoms with E-state index >= 15 is 0 Å². The number of hydrogen-bond acceptors (Lipinski definition) is 6. The van der Waals surface area contributed by atoms with Crippen LogP contribution in [0.1, 0.15) is 0 Å². The first-order valence-electron chi connectivity index (χ1n) is 8.96. The molecule has 4 rings (SSSR count). The first kappa shape index (κ1) is 20.7. The molecule has 30 heavy (non-hydrogen) atoms. The van der Waals surface area contributed by atoms with E-state index in [1.807, 2.05) is 0 Å². The SMILES string of the molecule is O=C(CSC1=NC2NNCC2C(=O)N1c1ccc(Cl)cc1)Nc1ccc(F)c(F)c1. The van der Waals surface area contributed by atoms with Crippen molar-refractivity contribution >= 4 is 51.7 Å². The molecule has 156 valence electrons. The van der Waals surface area contributed by atoms with Crippen molar-refractivity contribution in [2.75, 3.05) is 22.5 Å². The number of amidine groups is 1. The maximum Gasteiger partial charge on any atom is 0.241 e. The fourth-order valence-electron chi connectivity index (χ4n) is 3.10. The molecule has 2 heterocycles. The summed E-state index contributed by atoms with van der Waals surface area (Å²) in [6.07, 6.45) is -0.433. The van der Waals surface area contributed by atoms with Gasteiger partial charge in [0.25, 0.3) is 0 Å². The van der Waals surface area contributed by atoms with Crippen LogP contribution >= 0.6 is 23.4 Å². The van der Waals surface area contributed by atoms with Gasteiger partial charge in [0.15, 0.2) is 16.8 Å². The third-order valence-electron chi connectivity index (χ3n) is 4.55. The molecule has 1 fully saturated rings. The predicted octanol–water partition coefficient (Wildman–Crippen LogP) is 2.74. The van der Waals surface area contributed by atoms with E-state index in [0.29, 0.717) is 22.4 Å². The Labute approximate surface area is 179 Å². The number of hydrogen-bond donors (Lipinski definition) is 3. The van der Waals surface area contributed by atoms with Gasteiger partial charge in [-0.15, -0.1) is 0 Å². The number of thioether (sulfide) groups is 1. The molecule has 2 aromatic carbocycles. The van der Waals surface area contributed by atoms with Crippen LogP contribution in [0.3, 0.4) is 0 Å². The monoisotopic (exact) mass is 451 g/mol. The number of nitrogens with one attached hydrogen (secondary N) is 3. The number of benzene rings is 2. The molecular formula is C19H16ClF2N5O2S. The van der Waals surface area contributed by atoms with Crippen LogP contribution < -0.4 is 21.1 Å². The summed E-state index contributed by atoms with van der Waals surface area (Å²) in [4.78, 5) is 31.4. The number of aliphatic imine (C=N–C) groups is 1. The number of hydrazine groups is 1. The average molecular weight is 452 g/mol. The van der Waals surface area contributed by atoms with Crippen LogP contribution in [0.4, 0.5) is 20.2 Å². The van der Waals surface area contributed by atoms with Gasteiger partial charge in [0.1, 0.15) is 6.17 Å². The van der Waals surface area contributed by atoms with Crippen LogP contribution in [0.2, 0.25) is 5.02 Å². The zero-order valence-electron chi connectivity index (χ0n) is 15.4. The average Bonchev–Trinajstić information content (AvgIpc) is 3.19. The van der Waals surface area contributed by atoms with Crippen molar-refractivity contribution in [2.45, 2.75) is 6.17 Å². The molecule has 3 N–H and O–H groups in total. The molecule has 0 bridgehead atoms. The van der Waals surface area contributed by atoms with Crippen LogP contribution in [0, 0.1) is 17.6 Å². The van der Waals surface area contributed by atoms with Crippen molar-refractivity contribution in [3.8, 4) is 0 Å². The van der Waals surface area contributed by atoms with Gasteiger partial charge in [0.05, 0.1) is 17.4 Å². The van der Waals surface area contributed by atoms with Crippen LogP contribution in [0.15, 0.2) is 47.5 Å². The summed E-state index contributed by atoms with van der Waals surface area (Å²) in [6.45, 7) is 0.436. The molecule has 0 aromatic heterocycles. The lowest BCUT2D eigenvalue weighted by Crippen LogP contribution is -2.49. The van der Waals surface area contributed by atoms with E-state index in [1.54, 1.807) is 24.3 Å². The molecular weight excluding hydrogens is 436 g/mol. The maximum atomic E-state index is 13.3. The molecule has 2 aliphatic rings. The second-order valence-electron chi connectivity index (χ2n) is 6.60. The van der Waals surface area contributed by atoms with Gasteiger partial charge < -0.3 is 5.32 Å². The molecule has 7 nitrogen and oxygen atoms in total. The Morgan fingerprint density at radius 1 is 1.23 bits per heavy atom. The second kappa shape index (κ2) is 8.68. The first-order chi connectivity index (χ1) is 14.4. The highest BCUT2D eigenvalue weighted by Crippen LogP contribution is 2.30. The summed E-state index contributed by atoms with van der Waals surface area (Å²) in [5.74, 6) is -3.11. The summed E-state index contributed by atoms with van der Waals surface area (Å²) in [6, 6.07) is 9.84. The number of carbonyl (C=O) groups excluding carboxylic acids is 2. The van der Waals surface area contributed by atoms with Crippen molar-refractivity contribution in [1.29, 1.82) is 0 Å². The highest BCUT2D eigenvalue weighted by Gasteiger charge is 2.42. The van der Waals surface area contributed by atoms with E-state index in [9.17, 15) is 18.4 Å². The van der Waals surface area contributed by atoms with Gasteiger partial charge in [0.2, 0.25) is 11.8 Å². The number of fused-ring (bicyclic) bond motifs is 1. The summed E-state index contributed by atoms with van der Waals surface area (Å²) >= 11 is 7.02. The van der Waals surface area contributed by atoms with E-state index < -0.39 is 23.7 Å². The lowest BCUT2D eigenvalue weighted by molar-refractivity contribution is -0.121. The molecule has 0 radical (unpaired) electrons. The fourth-order valence-corrected chi connectivity index (χ4v) is 4.07. The number of anilines is 2. The molecule has 2 aromatic rings. The van der Waals surface area contributed by atoms with E-state index in [1.165, 1.54) is 11.0 Å². The van der Waals surface area contributed by atoms with Crippen LogP contribution in [0.5, 0.6) is 0 Å². The number of carbonyl (C=O) groups is 2. The standard InChI is InChI=1S/C19H16ClF2N5O2S/c20-10-1-4-12(5-2-10)27-18(29)13-8-23-26-17(13)25-19(27)30-9-16(28)24-11-3-6-14(21)15(22)7-11/h1-7,13,17,23,26H,8-9H2,(H,24,28). The third-order valence-corrected chi connectivity index (χ3v) is 5.76. The van der Waals surface area contributed by atoms with Crippen molar-refractivity contribution in [3.63, 3.8) is 0 Å². The topological polar surface area (TPSA) is 85.8 Å². The van der Waals surface area contributed by atoms with Crippen LogP contribution in [0.25, 0.3) is 0 Å². The maximum absolute atomic E-state index is 13.3. The third kappa shape index (κ3) is 4.31. The minimum atomic E-state index is -1.05. The molecule has 2 amide bonds. The highest BCUT2D eigenvalue weighted by atomic mass is 35.5. The zero-order chi connectivity index (χ0) is 21.3. The van der Waals surface area contributed by atoms with Gasteiger partial charge in [0, 0.05) is 23.3 Å². The van der Waals surface area contributed by atoms with Crippen molar-refractivity contribution in [2.24, 2.45) is 10.9 Å². The number of nitrogens with zero attached hydrogens (tertiary/aromatic N) is 2. The Morgan fingerprint density at radius 3 is 2.73 bits per heavy atom. The molecule has 2 unspecified atom stereocenters. The Hall–Kier alpha value is -2.53. The Morgan fingerprint density at radius 2 is 2.00 bits per heavy atom. The smallest absolute Gasteiger partial charge is 0.241 e. The summed E-state index contributed by atoms with van der Waals surface area (Å²) in [5, 5.41) is 3.38. The van der Waals surface area contributed by atoms with Gasteiger partial charge in [-0.05, 0) is 36.4 Å². The Balaban J connectivity index is 1.50. The number of rotatable bonds is 4. The molecule has 2 atom stereocenters. The quantitative estimate of drug-likeness (QED) is 0.665. The highest BCUT2D eigenvalue weighted by molar-refractivity contribution is 8.14. The molecule has 1 saturated heterocycles. The van der Waals surface area contributed by atoms with E-state index in [0.717, 1.165) is 23.9 Å². The normalized spacial score (nSPS) is 20.7. The minimum absolute atomic E-state index is 0.0833. The van der Waals surface area contributed by atoms with Gasteiger partial charge in [-0.3, -0.25) is 19.9 Å². The fraction of sp³-hybridized carbons (Fsp3) is 0.211. The van der Waals surface area contributed by atoms with Crippen LogP contribution in [-0.2, 0) is 9.59 Å². The van der Waals surface area contributed by atoms with Crippen molar-refractivity contribution in [3.05, 3.63) is 59.1 Å². The van der Waals surface area contributed by atoms with Gasteiger partial charge in [-0.1, -0.05) is 23.4 Å². The molecule has 0 aliphatic carbocycles. The second-order valence-corrected chi connectivity index (χ2v) is 7.98. The zero-order valence-corrected chi connectivity index (χ0v) is 16.9. The van der Waals surface area contributed by atoms with Gasteiger partial charge in [-0.2, -0.15) is 0 Å². The number of amides is 2. The van der Waals surface area contributed by atoms with E-state index in [2.05, 4.69) is 21.2 Å². The lowest BCUT2D eigenvalue weighted by atomic mass is 10.0. The summed E-state index contributed by atoms with van der Waals surface area (Å²) in [5.41, 5.74) is 6.59. The van der Waals surface area contributed by atoms with Gasteiger partial charge in [-0.25, -0.2) is 19.2 Å². The Bertz CT molecular complexity index is 1020.